The van der Waals surface area contributed by atoms with Gasteiger partial charge in [-0.1, -0.05) is 0 Å². The summed E-state index contributed by atoms with van der Waals surface area (Å²) in [6.07, 6.45) is -10.4. The first-order chi connectivity index (χ1) is 12.7. The molecule has 0 aromatic rings. The SMILES string of the molecule is [3H]N(I)B(B(B([B])[B])B([B])B([B])[B])B(B(B([B])[B])B([B])[B])B(B([B])[B])B([B])[B]. The van der Waals surface area contributed by atoms with Crippen molar-refractivity contribution in [2.75, 3.05) is 0 Å². The number of halogens is 1. The van der Waals surface area contributed by atoms with Crippen molar-refractivity contribution < 1.29 is 1.41 Å². The zero-order valence-corrected chi connectivity index (χ0v) is 17.4. The maximum Gasteiger partial charge on any atom is 0.129 e. The summed E-state index contributed by atoms with van der Waals surface area (Å²) in [4.78, 5) is 0. The van der Waals surface area contributed by atoms with Crippen LogP contribution in [0.4, 0.5) is 0 Å². The van der Waals surface area contributed by atoms with Crippen molar-refractivity contribution >= 4 is 200 Å². The van der Waals surface area contributed by atoms with Crippen LogP contribution in [-0.2, 0) is 0 Å². The van der Waals surface area contributed by atoms with Gasteiger partial charge in [-0.3, -0.25) is 0 Å². The maximum absolute atomic E-state index is 8.32. The Morgan fingerprint density at radius 2 is 0.778 bits per heavy atom. The van der Waals surface area contributed by atoms with Gasteiger partial charge in [-0.2, -0.15) is 0 Å². The van der Waals surface area contributed by atoms with E-state index in [0.29, 0.717) is 0 Å². The molecule has 0 aromatic heterocycles. The smallest absolute Gasteiger partial charge is 0.129 e. The van der Waals surface area contributed by atoms with Gasteiger partial charge < -0.3 is 3.43 Å². The molecule has 0 heterocycles. The summed E-state index contributed by atoms with van der Waals surface area (Å²) in [5.41, 5.74) is 0. The highest BCUT2D eigenvalue weighted by molar-refractivity contribution is 14.1. The summed E-state index contributed by atoms with van der Waals surface area (Å²) in [6, 6.07) is 0. The fourth-order valence-corrected chi connectivity index (χ4v) is 4.35. The molecule has 26 radical (unpaired) electrons. The van der Waals surface area contributed by atoms with Gasteiger partial charge in [0.1, 0.15) is 8.04 Å². The first-order valence-electron chi connectivity index (χ1n) is 8.87. The molecule has 0 aliphatic rings. The van der Waals surface area contributed by atoms with Gasteiger partial charge in [-0.25, -0.2) is 0 Å². The Balaban J connectivity index is 6.71. The molecule has 0 aromatic carbocycles. The minimum Gasteiger partial charge on any atom is -0.319 e. The molecule has 88 valence electrons. The van der Waals surface area contributed by atoms with Crippen LogP contribution in [-0.4, -0.2) is 177 Å². The maximum atomic E-state index is 8.32. The van der Waals surface area contributed by atoms with Gasteiger partial charge >= 0.3 is 0 Å². The van der Waals surface area contributed by atoms with Crippen LogP contribution < -0.4 is 3.43 Å². The second-order valence-corrected chi connectivity index (χ2v) is 7.50. The van der Waals surface area contributed by atoms with Crippen molar-refractivity contribution in [1.29, 1.82) is 0 Å². The van der Waals surface area contributed by atoms with Crippen LogP contribution in [0.1, 0.15) is 0 Å². The summed E-state index contributed by atoms with van der Waals surface area (Å²) in [5, 5.41) is 0. The molecule has 0 unspecified atom stereocenters. The minimum absolute atomic E-state index is 0.821. The number of nitrogens with one attached hydrogen (secondary N) is 1. The Kier molecular flexibility index (Phi) is 13.8. The van der Waals surface area contributed by atoms with Crippen molar-refractivity contribution in [1.82, 2.24) is 3.43 Å². The molecule has 0 aliphatic carbocycles. The number of hydrogen-bond acceptors (Lipinski definition) is 1. The monoisotopic (exact) mass is 419 g/mol. The molecule has 0 amide bonds. The predicted octanol–water partition coefficient (Wildman–Crippen LogP) is -9.13. The van der Waals surface area contributed by atoms with E-state index in [1.807, 2.05) is 0 Å². The van der Waals surface area contributed by atoms with E-state index in [-0.39, 0.29) is 0 Å². The molecule has 27 heavy (non-hydrogen) atoms. The molecule has 0 atom stereocenters. The molecule has 0 fully saturated rings. The largest absolute Gasteiger partial charge is 0.319 e. The topological polar surface area (TPSA) is 12.0 Å². The average molecular weight is 414 g/mol. The normalized spacial score (nSPS) is 10.2. The second-order valence-electron chi connectivity index (χ2n) is 6.94. The highest BCUT2D eigenvalue weighted by Gasteiger charge is 2.50. The Morgan fingerprint density at radius 3 is 0.963 bits per heavy atom. The van der Waals surface area contributed by atoms with E-state index in [9.17, 15) is 0 Å². The van der Waals surface area contributed by atoms with Gasteiger partial charge in [0.2, 0.25) is 0 Å². The summed E-state index contributed by atoms with van der Waals surface area (Å²) < 4.78 is 9.36. The van der Waals surface area contributed by atoms with Crippen molar-refractivity contribution in [2.24, 2.45) is 0 Å². The highest BCUT2D eigenvalue weighted by Crippen LogP contribution is 2.11. The van der Waals surface area contributed by atoms with Gasteiger partial charge in [-0.15, -0.1) is 0 Å². The van der Waals surface area contributed by atoms with Gasteiger partial charge in [0.15, 0.2) is 0 Å². The van der Waals surface area contributed by atoms with Gasteiger partial charge in [0.05, 0.1) is 0 Å². The first-order valence-corrected chi connectivity index (χ1v) is 9.39. The highest BCUT2D eigenvalue weighted by atomic mass is 127. The van der Waals surface area contributed by atoms with E-state index in [1.54, 1.807) is 22.9 Å². The Labute approximate surface area is 203 Å². The lowest BCUT2D eigenvalue weighted by Gasteiger charge is -2.45. The number of hydrogen-bond donors (Lipinski definition) is 1. The third-order valence-electron chi connectivity index (χ3n) is 4.90. The van der Waals surface area contributed by atoms with Crippen LogP contribution in [0, 0.1) is 0 Å². The molecular formula is HB25IN. The molecule has 0 saturated heterocycles. The van der Waals surface area contributed by atoms with E-state index >= 15 is 0 Å². The van der Waals surface area contributed by atoms with Crippen LogP contribution in [0.15, 0.2) is 0 Å². The fourth-order valence-electron chi connectivity index (χ4n) is 3.61. The summed E-state index contributed by atoms with van der Waals surface area (Å²) in [7, 11) is 77.3. The van der Waals surface area contributed by atoms with E-state index < -0.39 is 76.9 Å². The molecule has 0 spiro atoms. The summed E-state index contributed by atoms with van der Waals surface area (Å²) in [5.74, 6) is 0. The Hall–Kier alpha value is 2.31. The van der Waals surface area contributed by atoms with Crippen LogP contribution in [0.3, 0.4) is 0 Å². The Morgan fingerprint density at radius 1 is 0.481 bits per heavy atom. The molecule has 1 nitrogen and oxygen atoms in total. The summed E-state index contributed by atoms with van der Waals surface area (Å²) >= 11 is 1.71. The lowest BCUT2D eigenvalue weighted by Crippen LogP contribution is -2.85. The third kappa shape index (κ3) is 8.40. The van der Waals surface area contributed by atoms with Crippen LogP contribution in [0.2, 0.25) is 1.41 Å². The quantitative estimate of drug-likeness (QED) is 0.190. The lowest BCUT2D eigenvalue weighted by atomic mass is 8.38. The predicted molar refractivity (Wildman–Crippen MR) is 161 cm³/mol. The molecule has 0 aliphatic heterocycles. The van der Waals surface area contributed by atoms with Gasteiger partial charge in [-0.05, 0) is 0 Å². The van der Waals surface area contributed by atoms with Crippen molar-refractivity contribution in [3.8, 4) is 0 Å². The molecule has 1 N–H and O–H groups in total. The van der Waals surface area contributed by atoms with E-state index in [4.69, 9.17) is 102 Å². The first kappa shape index (κ1) is 27.3. The zero-order chi connectivity index (χ0) is 22.5. The zero-order valence-electron chi connectivity index (χ0n) is 16.3. The fraction of sp³-hybridized carbons (Fsp3) is 0. The van der Waals surface area contributed by atoms with Crippen molar-refractivity contribution in [3.05, 3.63) is 0 Å². The van der Waals surface area contributed by atoms with Crippen LogP contribution in [0.25, 0.3) is 0 Å². The van der Waals surface area contributed by atoms with E-state index in [1.165, 1.54) is 0 Å². The van der Waals surface area contributed by atoms with Crippen molar-refractivity contribution in [3.63, 3.8) is 0 Å². The van der Waals surface area contributed by atoms with Crippen molar-refractivity contribution in [2.45, 2.75) is 0 Å². The molecule has 27 heteroatoms. The molecular weight excluding hydrogens is 411 g/mol. The second kappa shape index (κ2) is 13.7. The van der Waals surface area contributed by atoms with Gasteiger partial charge in [0.25, 0.3) is 0 Å². The van der Waals surface area contributed by atoms with E-state index in [2.05, 4.69) is 0 Å². The minimum atomic E-state index is -1.04. The summed E-state index contributed by atoms with van der Waals surface area (Å²) in [6.45, 7) is -0.895. The van der Waals surface area contributed by atoms with Crippen LogP contribution in [0.5, 0.6) is 0 Å². The van der Waals surface area contributed by atoms with E-state index in [0.717, 1.165) is 3.43 Å². The molecule has 0 bridgehead atoms. The van der Waals surface area contributed by atoms with Crippen LogP contribution >= 0.6 is 22.9 Å². The standard InChI is InChI=1S/B25HIN/c1-14(2)20(13)23(19(11)12)25(27-26)24(21(15(3)4)16(5)6)22(17(7)8)18(9)10/h27H/i/hT. The molecule has 0 rings (SSSR count). The third-order valence-corrected chi connectivity index (χ3v) is 5.54. The number of rotatable bonds is 12. The Bertz CT molecular complexity index is 381. The average Bonchev–Trinajstić information content (AvgIpc) is 2.48. The van der Waals surface area contributed by atoms with Gasteiger partial charge in [0, 0.05) is 194 Å². The lowest BCUT2D eigenvalue weighted by molar-refractivity contribution is 1.79. The molecule has 0 saturated carbocycles.